The van der Waals surface area contributed by atoms with E-state index in [4.69, 9.17) is 10.8 Å². The predicted octanol–water partition coefficient (Wildman–Crippen LogP) is 4.06. The van der Waals surface area contributed by atoms with Gasteiger partial charge in [-0.2, -0.15) is 0 Å². The predicted molar refractivity (Wildman–Crippen MR) is 101 cm³/mol. The van der Waals surface area contributed by atoms with E-state index in [1.165, 1.54) is 0 Å². The van der Waals surface area contributed by atoms with Gasteiger partial charge < -0.3 is 9.33 Å². The Morgan fingerprint density at radius 3 is 2.38 bits per heavy atom. The van der Waals surface area contributed by atoms with Gasteiger partial charge in [-0.3, -0.25) is 4.79 Å². The molecule has 1 aliphatic rings. The van der Waals surface area contributed by atoms with Crippen LogP contribution in [-0.4, -0.2) is 31.3 Å². The molecule has 24 heavy (non-hydrogen) atoms. The van der Waals surface area contributed by atoms with Gasteiger partial charge in [-0.05, 0) is 30.6 Å². The summed E-state index contributed by atoms with van der Waals surface area (Å²) in [6, 6.07) is 9.78. The first-order valence-corrected chi connectivity index (χ1v) is 11.5. The molecule has 3 nitrogen and oxygen atoms in total. The molecule has 1 saturated heterocycles. The average Bonchev–Trinajstić information content (AvgIpc) is 2.49. The van der Waals surface area contributed by atoms with Crippen LogP contribution >= 0.6 is 0 Å². The molecule has 4 heteroatoms. The highest BCUT2D eigenvalue weighted by Gasteiger charge is 2.51. The van der Waals surface area contributed by atoms with Crippen molar-refractivity contribution in [2.24, 2.45) is 5.92 Å². The highest BCUT2D eigenvalue weighted by atomic mass is 28.4. The molecule has 0 spiro atoms. The number of amides is 1. The number of hydrogen-bond donors (Lipinski definition) is 0. The maximum absolute atomic E-state index is 12.7. The third kappa shape index (κ3) is 3.58. The highest BCUT2D eigenvalue weighted by Crippen LogP contribution is 2.40. The van der Waals surface area contributed by atoms with Crippen LogP contribution in [0.1, 0.15) is 33.3 Å². The van der Waals surface area contributed by atoms with Gasteiger partial charge in [0.05, 0.1) is 12.0 Å². The average molecular weight is 344 g/mol. The number of terminal acetylenes is 1. The van der Waals surface area contributed by atoms with Crippen molar-refractivity contribution in [1.82, 2.24) is 4.90 Å². The van der Waals surface area contributed by atoms with Crippen molar-refractivity contribution in [3.63, 3.8) is 0 Å². The Hall–Kier alpha value is -1.57. The summed E-state index contributed by atoms with van der Waals surface area (Å²) < 4.78 is 6.40. The monoisotopic (exact) mass is 343 g/mol. The fourth-order valence-electron chi connectivity index (χ4n) is 2.90. The second-order valence-electron chi connectivity index (χ2n) is 8.17. The molecule has 130 valence electrons. The molecule has 0 radical (unpaired) electrons. The van der Waals surface area contributed by atoms with E-state index in [0.29, 0.717) is 6.54 Å². The van der Waals surface area contributed by atoms with E-state index in [9.17, 15) is 4.79 Å². The number of carbonyl (C=O) groups is 1. The Morgan fingerprint density at radius 1 is 1.29 bits per heavy atom. The number of carbonyl (C=O) groups excluding carboxylic acids is 1. The Morgan fingerprint density at radius 2 is 1.88 bits per heavy atom. The number of rotatable bonds is 5. The Labute approximate surface area is 147 Å². The van der Waals surface area contributed by atoms with Crippen LogP contribution in [0.15, 0.2) is 30.3 Å². The second-order valence-corrected chi connectivity index (χ2v) is 12.9. The van der Waals surface area contributed by atoms with Gasteiger partial charge in [-0.15, -0.1) is 6.42 Å². The van der Waals surface area contributed by atoms with Crippen LogP contribution in [0, 0.1) is 18.3 Å². The van der Waals surface area contributed by atoms with Gasteiger partial charge in [0.15, 0.2) is 8.32 Å². The van der Waals surface area contributed by atoms with Crippen molar-refractivity contribution in [2.75, 3.05) is 0 Å². The van der Waals surface area contributed by atoms with Crippen molar-refractivity contribution in [3.05, 3.63) is 35.9 Å². The number of likely N-dealkylation sites (tertiary alicyclic amines) is 1. The van der Waals surface area contributed by atoms with Gasteiger partial charge in [0.1, 0.15) is 6.04 Å². The topological polar surface area (TPSA) is 29.5 Å². The Bertz CT molecular complexity index is 627. The molecule has 2 unspecified atom stereocenters. The van der Waals surface area contributed by atoms with Crippen LogP contribution in [0.25, 0.3) is 0 Å². The summed E-state index contributed by atoms with van der Waals surface area (Å²) in [5, 5.41) is 0.115. The van der Waals surface area contributed by atoms with Crippen LogP contribution < -0.4 is 0 Å². The van der Waals surface area contributed by atoms with Crippen LogP contribution in [0.2, 0.25) is 18.1 Å². The van der Waals surface area contributed by atoms with E-state index in [1.807, 2.05) is 37.3 Å². The van der Waals surface area contributed by atoms with Gasteiger partial charge in [0.2, 0.25) is 5.91 Å². The molecular formula is C20H29NO2Si. The molecule has 1 heterocycles. The molecule has 3 atom stereocenters. The first kappa shape index (κ1) is 18.8. The maximum Gasteiger partial charge on any atom is 0.232 e. The molecule has 0 aromatic heterocycles. The van der Waals surface area contributed by atoms with E-state index in [2.05, 4.69) is 39.8 Å². The minimum absolute atomic E-state index is 0.105. The lowest BCUT2D eigenvalue weighted by Gasteiger charge is -2.49. The van der Waals surface area contributed by atoms with Crippen molar-refractivity contribution in [1.29, 1.82) is 0 Å². The summed E-state index contributed by atoms with van der Waals surface area (Å²) >= 11 is 0. The summed E-state index contributed by atoms with van der Waals surface area (Å²) in [5.74, 6) is 2.67. The minimum atomic E-state index is -1.92. The van der Waals surface area contributed by atoms with Crippen LogP contribution in [0.5, 0.6) is 0 Å². The molecule has 1 fully saturated rings. The molecule has 1 aromatic carbocycles. The zero-order valence-electron chi connectivity index (χ0n) is 15.7. The molecule has 1 amide bonds. The van der Waals surface area contributed by atoms with Gasteiger partial charge in [0, 0.05) is 6.54 Å². The van der Waals surface area contributed by atoms with E-state index >= 15 is 0 Å². The quantitative estimate of drug-likeness (QED) is 0.458. The summed E-state index contributed by atoms with van der Waals surface area (Å²) in [6.45, 7) is 13.6. The molecule has 0 N–H and O–H groups in total. The van der Waals surface area contributed by atoms with Crippen molar-refractivity contribution < 1.29 is 9.22 Å². The number of hydrogen-bond acceptors (Lipinski definition) is 2. The maximum atomic E-state index is 12.7. The molecule has 1 aliphatic heterocycles. The standard InChI is InChI=1S/C20H29NO2Si/c1-8-17-18(15(2)23-24(6,7)20(3,4)5)19(22)21(17)14-16-12-10-9-11-13-16/h1,9-13,15,17-18H,14H2,2-7H3/t15-,17?,18?/m1/s1. The normalized spacial score (nSPS) is 22.7. The molecule has 1 aromatic rings. The Balaban J connectivity index is 2.07. The van der Waals surface area contributed by atoms with Gasteiger partial charge in [0.25, 0.3) is 0 Å². The van der Waals surface area contributed by atoms with E-state index in [-0.39, 0.29) is 29.0 Å². The van der Waals surface area contributed by atoms with Crippen molar-refractivity contribution in [2.45, 2.75) is 64.5 Å². The van der Waals surface area contributed by atoms with Crippen LogP contribution in [0.4, 0.5) is 0 Å². The highest BCUT2D eigenvalue weighted by molar-refractivity contribution is 6.74. The van der Waals surface area contributed by atoms with Gasteiger partial charge in [-0.1, -0.05) is 57.0 Å². The van der Waals surface area contributed by atoms with Crippen LogP contribution in [-0.2, 0) is 15.8 Å². The SMILES string of the molecule is C#CC1C([C@@H](C)O[Si](C)(C)C(C)(C)C)C(=O)N1Cc1ccccc1. The van der Waals surface area contributed by atoms with E-state index < -0.39 is 8.32 Å². The fourth-order valence-corrected chi connectivity index (χ4v) is 4.33. The molecule has 0 saturated carbocycles. The third-order valence-electron chi connectivity index (χ3n) is 5.40. The third-order valence-corrected chi connectivity index (χ3v) is 9.98. The lowest BCUT2D eigenvalue weighted by Crippen LogP contribution is -2.64. The van der Waals surface area contributed by atoms with Crippen molar-refractivity contribution >= 4 is 14.2 Å². The molecule has 0 aliphatic carbocycles. The largest absolute Gasteiger partial charge is 0.413 e. The Kier molecular flexibility index (Phi) is 5.27. The fraction of sp³-hybridized carbons (Fsp3) is 0.550. The smallest absolute Gasteiger partial charge is 0.232 e. The summed E-state index contributed by atoms with van der Waals surface area (Å²) in [5.41, 5.74) is 1.10. The van der Waals surface area contributed by atoms with E-state index in [1.54, 1.807) is 4.90 Å². The van der Waals surface area contributed by atoms with Crippen molar-refractivity contribution in [3.8, 4) is 12.3 Å². The second kappa shape index (κ2) is 6.74. The first-order chi connectivity index (χ1) is 11.1. The minimum Gasteiger partial charge on any atom is -0.413 e. The summed E-state index contributed by atoms with van der Waals surface area (Å²) in [6.07, 6.45) is 5.58. The number of β-lactam (4-membered cyclic amide) rings is 1. The van der Waals surface area contributed by atoms with E-state index in [0.717, 1.165) is 5.56 Å². The number of benzene rings is 1. The molecule has 2 rings (SSSR count). The first-order valence-electron chi connectivity index (χ1n) is 8.57. The summed E-state index contributed by atoms with van der Waals surface area (Å²) in [7, 11) is -1.92. The van der Waals surface area contributed by atoms with Gasteiger partial charge >= 0.3 is 0 Å². The zero-order chi connectivity index (χ0) is 18.1. The molecule has 0 bridgehead atoms. The molecular weight excluding hydrogens is 314 g/mol. The van der Waals surface area contributed by atoms with Gasteiger partial charge in [-0.25, -0.2) is 0 Å². The lowest BCUT2D eigenvalue weighted by molar-refractivity contribution is -0.159. The van der Waals surface area contributed by atoms with Crippen LogP contribution in [0.3, 0.4) is 0 Å². The zero-order valence-corrected chi connectivity index (χ0v) is 16.7. The summed E-state index contributed by atoms with van der Waals surface area (Å²) in [4.78, 5) is 14.5. The number of nitrogens with zero attached hydrogens (tertiary/aromatic N) is 1. The lowest BCUT2D eigenvalue weighted by atomic mass is 9.83.